The van der Waals surface area contributed by atoms with Gasteiger partial charge in [0.25, 0.3) is 0 Å². The lowest BCUT2D eigenvalue weighted by Gasteiger charge is -2.09. The first-order valence-electron chi connectivity index (χ1n) is 7.12. The highest BCUT2D eigenvalue weighted by atomic mass is 35.5. The zero-order chi connectivity index (χ0) is 15.6. The van der Waals surface area contributed by atoms with Crippen LogP contribution in [0.1, 0.15) is 6.42 Å². The third-order valence-electron chi connectivity index (χ3n) is 2.79. The van der Waals surface area contributed by atoms with Crippen molar-refractivity contribution in [1.82, 2.24) is 0 Å². The minimum absolute atomic E-state index is 0.00242. The minimum Gasteiger partial charge on any atom is -0.494 e. The Morgan fingerprint density at radius 1 is 0.727 bits per heavy atom. The molecule has 0 amide bonds. The fraction of sp³-hybridized carbons (Fsp3) is 0.294. The van der Waals surface area contributed by atoms with E-state index >= 15 is 0 Å². The Balaban J connectivity index is 1.87. The molecule has 22 heavy (non-hydrogen) atoms. The van der Waals surface area contributed by atoms with Crippen molar-refractivity contribution in [2.75, 3.05) is 25.7 Å². The average molecular weight is 323 g/mol. The second-order valence-electron chi connectivity index (χ2n) is 4.51. The van der Waals surface area contributed by atoms with Crippen molar-refractivity contribution >= 4 is 11.6 Å². The lowest BCUT2D eigenvalue weighted by molar-refractivity contribution is 0.201. The molecule has 0 saturated heterocycles. The Labute approximate surface area is 135 Å². The van der Waals surface area contributed by atoms with Gasteiger partial charge in [-0.05, 0) is 55.0 Å². The first-order valence-corrected chi connectivity index (χ1v) is 7.65. The summed E-state index contributed by atoms with van der Waals surface area (Å²) in [5, 5.41) is 8.70. The van der Waals surface area contributed by atoms with Gasteiger partial charge in [-0.3, -0.25) is 0 Å². The molecule has 0 aliphatic rings. The van der Waals surface area contributed by atoms with Gasteiger partial charge in [-0.15, -0.1) is 11.6 Å². The van der Waals surface area contributed by atoms with E-state index in [2.05, 4.69) is 0 Å². The summed E-state index contributed by atoms with van der Waals surface area (Å²) in [6.07, 6.45) is 0.824. The van der Waals surface area contributed by atoms with E-state index in [-0.39, 0.29) is 13.2 Å². The lowest BCUT2D eigenvalue weighted by Crippen LogP contribution is -2.01. The van der Waals surface area contributed by atoms with Crippen LogP contribution in [0.3, 0.4) is 0 Å². The summed E-state index contributed by atoms with van der Waals surface area (Å²) in [6, 6.07) is 14.7. The highest BCUT2D eigenvalue weighted by molar-refractivity contribution is 6.17. The van der Waals surface area contributed by atoms with Crippen LogP contribution in [0.15, 0.2) is 48.5 Å². The molecule has 0 heterocycles. The van der Waals surface area contributed by atoms with Crippen LogP contribution in [0.5, 0.6) is 23.0 Å². The fourth-order valence-corrected chi connectivity index (χ4v) is 1.86. The largest absolute Gasteiger partial charge is 0.494 e. The summed E-state index contributed by atoms with van der Waals surface area (Å²) in [6.45, 7) is 0.891. The van der Waals surface area contributed by atoms with Gasteiger partial charge in [-0.2, -0.15) is 0 Å². The van der Waals surface area contributed by atoms with Crippen molar-refractivity contribution in [3.05, 3.63) is 48.5 Å². The van der Waals surface area contributed by atoms with Gasteiger partial charge < -0.3 is 19.3 Å². The van der Waals surface area contributed by atoms with Crippen LogP contribution in [0.25, 0.3) is 0 Å². The Morgan fingerprint density at radius 2 is 1.18 bits per heavy atom. The SMILES string of the molecule is OCCOc1ccc(Oc2ccc(OCCCCl)cc2)cc1. The number of aliphatic hydroxyl groups is 1. The number of aliphatic hydroxyl groups excluding tert-OH is 1. The predicted molar refractivity (Wildman–Crippen MR) is 86.4 cm³/mol. The lowest BCUT2D eigenvalue weighted by atomic mass is 10.3. The van der Waals surface area contributed by atoms with Crippen molar-refractivity contribution in [1.29, 1.82) is 0 Å². The molecule has 2 rings (SSSR count). The molecule has 118 valence electrons. The topological polar surface area (TPSA) is 47.9 Å². The van der Waals surface area contributed by atoms with Crippen molar-refractivity contribution in [2.45, 2.75) is 6.42 Å². The molecule has 0 fully saturated rings. The zero-order valence-electron chi connectivity index (χ0n) is 12.2. The van der Waals surface area contributed by atoms with Crippen molar-refractivity contribution in [2.24, 2.45) is 0 Å². The highest BCUT2D eigenvalue weighted by Gasteiger charge is 2.00. The molecule has 0 radical (unpaired) electrons. The van der Waals surface area contributed by atoms with E-state index < -0.39 is 0 Å². The van der Waals surface area contributed by atoms with Gasteiger partial charge in [-0.1, -0.05) is 0 Å². The molecular weight excluding hydrogens is 304 g/mol. The van der Waals surface area contributed by atoms with Gasteiger partial charge in [0.2, 0.25) is 0 Å². The maximum absolute atomic E-state index is 8.70. The Morgan fingerprint density at radius 3 is 1.64 bits per heavy atom. The third-order valence-corrected chi connectivity index (χ3v) is 3.06. The molecule has 0 saturated carbocycles. The standard InChI is InChI=1S/C17H19ClO4/c18-10-1-12-20-14-2-6-16(7-3-14)22-17-8-4-15(5-9-17)21-13-11-19/h2-9,19H,1,10-13H2. The first kappa shape index (κ1) is 16.5. The molecule has 4 nitrogen and oxygen atoms in total. The second-order valence-corrected chi connectivity index (χ2v) is 4.89. The molecule has 0 aliphatic heterocycles. The number of alkyl halides is 1. The molecule has 5 heteroatoms. The van der Waals surface area contributed by atoms with Gasteiger partial charge in [0.15, 0.2) is 0 Å². The molecular formula is C17H19ClO4. The molecule has 0 aliphatic carbocycles. The van der Waals surface area contributed by atoms with Crippen LogP contribution in [-0.2, 0) is 0 Å². The summed E-state index contributed by atoms with van der Waals surface area (Å²) < 4.78 is 16.6. The van der Waals surface area contributed by atoms with Crippen LogP contribution in [-0.4, -0.2) is 30.8 Å². The van der Waals surface area contributed by atoms with E-state index in [1.807, 2.05) is 36.4 Å². The summed E-state index contributed by atoms with van der Waals surface area (Å²) in [5.41, 5.74) is 0. The number of rotatable bonds is 9. The normalized spacial score (nSPS) is 10.3. The highest BCUT2D eigenvalue weighted by Crippen LogP contribution is 2.25. The summed E-state index contributed by atoms with van der Waals surface area (Å²) >= 11 is 5.60. The van der Waals surface area contributed by atoms with Crippen LogP contribution in [0, 0.1) is 0 Å². The van der Waals surface area contributed by atoms with E-state index in [9.17, 15) is 0 Å². The number of ether oxygens (including phenoxy) is 3. The Bertz CT molecular complexity index is 540. The van der Waals surface area contributed by atoms with Crippen LogP contribution < -0.4 is 14.2 Å². The fourth-order valence-electron chi connectivity index (χ4n) is 1.75. The number of hydrogen-bond donors (Lipinski definition) is 1. The van der Waals surface area contributed by atoms with Crippen molar-refractivity contribution < 1.29 is 19.3 Å². The molecule has 0 bridgehead atoms. The Hall–Kier alpha value is -1.91. The van der Waals surface area contributed by atoms with E-state index in [1.165, 1.54) is 0 Å². The third kappa shape index (κ3) is 5.47. The molecule has 2 aromatic rings. The number of benzene rings is 2. The molecule has 2 aromatic carbocycles. The van der Waals surface area contributed by atoms with Crippen LogP contribution in [0.2, 0.25) is 0 Å². The summed E-state index contributed by atoms with van der Waals surface area (Å²) in [4.78, 5) is 0. The second kappa shape index (κ2) is 9.18. The average Bonchev–Trinajstić information content (AvgIpc) is 2.56. The molecule has 0 atom stereocenters. The summed E-state index contributed by atoms with van der Waals surface area (Å²) in [7, 11) is 0. The quantitative estimate of drug-likeness (QED) is 0.562. The number of halogens is 1. The molecule has 1 N–H and O–H groups in total. The molecule has 0 aromatic heterocycles. The molecule has 0 unspecified atom stereocenters. The van der Waals surface area contributed by atoms with Gasteiger partial charge in [0.05, 0.1) is 13.2 Å². The predicted octanol–water partition coefficient (Wildman–Crippen LogP) is 3.86. The van der Waals surface area contributed by atoms with E-state index in [0.717, 1.165) is 17.9 Å². The Kier molecular flexibility index (Phi) is 6.87. The molecule has 0 spiro atoms. The van der Waals surface area contributed by atoms with Crippen molar-refractivity contribution in [3.8, 4) is 23.0 Å². The van der Waals surface area contributed by atoms with E-state index in [4.69, 9.17) is 30.9 Å². The summed E-state index contributed by atoms with van der Waals surface area (Å²) in [5.74, 6) is 3.54. The maximum Gasteiger partial charge on any atom is 0.127 e. The zero-order valence-corrected chi connectivity index (χ0v) is 13.0. The van der Waals surface area contributed by atoms with Crippen LogP contribution >= 0.6 is 11.6 Å². The smallest absolute Gasteiger partial charge is 0.127 e. The van der Waals surface area contributed by atoms with Gasteiger partial charge >= 0.3 is 0 Å². The monoisotopic (exact) mass is 322 g/mol. The first-order chi connectivity index (χ1) is 10.8. The maximum atomic E-state index is 8.70. The van der Waals surface area contributed by atoms with Gasteiger partial charge in [0.1, 0.15) is 29.6 Å². The van der Waals surface area contributed by atoms with E-state index in [1.54, 1.807) is 12.1 Å². The minimum atomic E-state index is -0.00242. The van der Waals surface area contributed by atoms with E-state index in [0.29, 0.717) is 24.0 Å². The van der Waals surface area contributed by atoms with Crippen molar-refractivity contribution in [3.63, 3.8) is 0 Å². The van der Waals surface area contributed by atoms with Gasteiger partial charge in [-0.25, -0.2) is 0 Å². The van der Waals surface area contributed by atoms with Gasteiger partial charge in [0, 0.05) is 5.88 Å². The van der Waals surface area contributed by atoms with Crippen LogP contribution in [0.4, 0.5) is 0 Å². The number of hydrogen-bond acceptors (Lipinski definition) is 4.